The van der Waals surface area contributed by atoms with E-state index in [-0.39, 0.29) is 22.6 Å². The first-order chi connectivity index (χ1) is 9.17. The minimum absolute atomic E-state index is 0.0217. The SMILES string of the molecule is CC(=O)Nc1ccc(S[C@@H](C)C(=O)NC(C)(C)C)cc1. The van der Waals surface area contributed by atoms with Gasteiger partial charge in [-0.1, -0.05) is 0 Å². The summed E-state index contributed by atoms with van der Waals surface area (Å²) in [5, 5.41) is 5.51. The number of anilines is 1. The minimum Gasteiger partial charge on any atom is -0.351 e. The second kappa shape index (κ2) is 6.79. The molecule has 0 aromatic heterocycles. The molecular formula is C15H22N2O2S. The topological polar surface area (TPSA) is 58.2 Å². The van der Waals surface area contributed by atoms with Crippen molar-refractivity contribution in [1.82, 2.24) is 5.32 Å². The molecule has 1 aromatic rings. The molecule has 0 spiro atoms. The highest BCUT2D eigenvalue weighted by Crippen LogP contribution is 2.25. The zero-order chi connectivity index (χ0) is 15.3. The third-order valence-electron chi connectivity index (χ3n) is 2.35. The standard InChI is InChI=1S/C15H22N2O2S/c1-10(14(19)17-15(3,4)5)20-13-8-6-12(7-9-13)16-11(2)18/h6-10H,1-5H3,(H,16,18)(H,17,19)/t10-/m0/s1. The lowest BCUT2D eigenvalue weighted by atomic mass is 10.1. The second-order valence-electron chi connectivity index (χ2n) is 5.70. The van der Waals surface area contributed by atoms with Gasteiger partial charge in [-0.05, 0) is 52.0 Å². The van der Waals surface area contributed by atoms with Crippen LogP contribution in [0, 0.1) is 0 Å². The second-order valence-corrected chi connectivity index (χ2v) is 7.12. The van der Waals surface area contributed by atoms with Gasteiger partial charge in [-0.2, -0.15) is 0 Å². The summed E-state index contributed by atoms with van der Waals surface area (Å²) in [7, 11) is 0. The Labute approximate surface area is 124 Å². The van der Waals surface area contributed by atoms with Crippen molar-refractivity contribution in [3.63, 3.8) is 0 Å². The van der Waals surface area contributed by atoms with Gasteiger partial charge in [0.25, 0.3) is 0 Å². The Balaban J connectivity index is 2.60. The third kappa shape index (κ3) is 6.10. The van der Waals surface area contributed by atoms with Crippen molar-refractivity contribution in [2.24, 2.45) is 0 Å². The monoisotopic (exact) mass is 294 g/mol. The molecule has 1 aromatic carbocycles. The lowest BCUT2D eigenvalue weighted by Crippen LogP contribution is -2.44. The fraction of sp³-hybridized carbons (Fsp3) is 0.467. The number of carbonyl (C=O) groups excluding carboxylic acids is 2. The molecule has 110 valence electrons. The Kier molecular flexibility index (Phi) is 5.62. The molecule has 0 radical (unpaired) electrons. The first-order valence-electron chi connectivity index (χ1n) is 6.54. The molecule has 0 saturated carbocycles. The molecule has 0 aliphatic carbocycles. The van der Waals surface area contributed by atoms with Gasteiger partial charge >= 0.3 is 0 Å². The molecule has 2 N–H and O–H groups in total. The predicted octanol–water partition coefficient (Wildman–Crippen LogP) is 3.04. The molecule has 4 nitrogen and oxygen atoms in total. The van der Waals surface area contributed by atoms with Crippen molar-refractivity contribution < 1.29 is 9.59 Å². The zero-order valence-corrected chi connectivity index (χ0v) is 13.4. The summed E-state index contributed by atoms with van der Waals surface area (Å²) < 4.78 is 0. The molecule has 5 heteroatoms. The van der Waals surface area contributed by atoms with Crippen LogP contribution in [0.15, 0.2) is 29.2 Å². The van der Waals surface area contributed by atoms with Crippen LogP contribution in [0.1, 0.15) is 34.6 Å². The van der Waals surface area contributed by atoms with E-state index >= 15 is 0 Å². The molecule has 0 aliphatic heterocycles. The summed E-state index contributed by atoms with van der Waals surface area (Å²) >= 11 is 1.50. The van der Waals surface area contributed by atoms with Gasteiger partial charge in [0.05, 0.1) is 5.25 Å². The average Bonchev–Trinajstić information content (AvgIpc) is 2.28. The van der Waals surface area contributed by atoms with Crippen LogP contribution in [0.25, 0.3) is 0 Å². The van der Waals surface area contributed by atoms with Gasteiger partial charge in [-0.3, -0.25) is 9.59 Å². The average molecular weight is 294 g/mol. The Hall–Kier alpha value is -1.49. The Morgan fingerprint density at radius 2 is 1.70 bits per heavy atom. The summed E-state index contributed by atoms with van der Waals surface area (Å²) in [5.41, 5.74) is 0.537. The van der Waals surface area contributed by atoms with Crippen molar-refractivity contribution in [2.75, 3.05) is 5.32 Å². The van der Waals surface area contributed by atoms with Crippen LogP contribution < -0.4 is 10.6 Å². The maximum absolute atomic E-state index is 12.0. The number of benzene rings is 1. The van der Waals surface area contributed by atoms with E-state index in [2.05, 4.69) is 10.6 Å². The Bertz CT molecular complexity index is 478. The van der Waals surface area contributed by atoms with Crippen LogP contribution in [0.4, 0.5) is 5.69 Å². The number of hydrogen-bond acceptors (Lipinski definition) is 3. The van der Waals surface area contributed by atoms with Crippen LogP contribution in [0.2, 0.25) is 0 Å². The molecule has 20 heavy (non-hydrogen) atoms. The normalized spacial score (nSPS) is 12.7. The summed E-state index contributed by atoms with van der Waals surface area (Å²) in [6, 6.07) is 7.46. The van der Waals surface area contributed by atoms with Crippen molar-refractivity contribution in [3.05, 3.63) is 24.3 Å². The van der Waals surface area contributed by atoms with Gasteiger partial charge in [0.2, 0.25) is 11.8 Å². The largest absolute Gasteiger partial charge is 0.351 e. The fourth-order valence-corrected chi connectivity index (χ4v) is 2.42. The van der Waals surface area contributed by atoms with Crippen LogP contribution in [0.3, 0.4) is 0 Å². The molecule has 0 aliphatic rings. The number of amides is 2. The van der Waals surface area contributed by atoms with Gasteiger partial charge < -0.3 is 10.6 Å². The van der Waals surface area contributed by atoms with E-state index in [1.54, 1.807) is 0 Å². The Morgan fingerprint density at radius 3 is 2.15 bits per heavy atom. The molecule has 0 unspecified atom stereocenters. The highest BCUT2D eigenvalue weighted by Gasteiger charge is 2.19. The van der Waals surface area contributed by atoms with E-state index in [9.17, 15) is 9.59 Å². The Morgan fingerprint density at radius 1 is 1.15 bits per heavy atom. The van der Waals surface area contributed by atoms with Gasteiger partial charge in [0.1, 0.15) is 0 Å². The van der Waals surface area contributed by atoms with Crippen LogP contribution >= 0.6 is 11.8 Å². The predicted molar refractivity (Wildman–Crippen MR) is 84.0 cm³/mol. The van der Waals surface area contributed by atoms with E-state index in [0.717, 1.165) is 10.6 Å². The fourth-order valence-electron chi connectivity index (χ4n) is 1.55. The number of carbonyl (C=O) groups is 2. The molecule has 1 rings (SSSR count). The van der Waals surface area contributed by atoms with Crippen LogP contribution in [-0.2, 0) is 9.59 Å². The minimum atomic E-state index is -0.221. The first kappa shape index (κ1) is 16.6. The van der Waals surface area contributed by atoms with Gasteiger partial charge in [0.15, 0.2) is 0 Å². The summed E-state index contributed by atoms with van der Waals surface area (Å²) in [5.74, 6) is -0.0724. The smallest absolute Gasteiger partial charge is 0.233 e. The van der Waals surface area contributed by atoms with E-state index in [0.29, 0.717) is 0 Å². The van der Waals surface area contributed by atoms with Crippen LogP contribution in [-0.4, -0.2) is 22.6 Å². The van der Waals surface area contributed by atoms with Gasteiger partial charge in [-0.25, -0.2) is 0 Å². The number of rotatable bonds is 4. The lowest BCUT2D eigenvalue weighted by molar-refractivity contribution is -0.121. The third-order valence-corrected chi connectivity index (χ3v) is 3.47. The summed E-state index contributed by atoms with van der Waals surface area (Å²) in [4.78, 5) is 23.9. The maximum atomic E-state index is 12.0. The van der Waals surface area contributed by atoms with Crippen molar-refractivity contribution in [2.45, 2.75) is 50.3 Å². The van der Waals surface area contributed by atoms with Crippen LogP contribution in [0.5, 0.6) is 0 Å². The molecule has 0 fully saturated rings. The molecule has 2 amide bonds. The highest BCUT2D eigenvalue weighted by molar-refractivity contribution is 8.00. The molecular weight excluding hydrogens is 272 g/mol. The number of nitrogens with one attached hydrogen (secondary N) is 2. The molecule has 0 heterocycles. The van der Waals surface area contributed by atoms with Gasteiger partial charge in [0, 0.05) is 23.0 Å². The number of hydrogen-bond donors (Lipinski definition) is 2. The highest BCUT2D eigenvalue weighted by atomic mass is 32.2. The quantitative estimate of drug-likeness (QED) is 0.839. The summed E-state index contributed by atoms with van der Waals surface area (Å²) in [6.45, 7) is 9.24. The zero-order valence-electron chi connectivity index (χ0n) is 12.6. The summed E-state index contributed by atoms with van der Waals surface area (Å²) in [6.07, 6.45) is 0. The van der Waals surface area contributed by atoms with Gasteiger partial charge in [-0.15, -0.1) is 11.8 Å². The first-order valence-corrected chi connectivity index (χ1v) is 7.42. The van der Waals surface area contributed by atoms with E-state index < -0.39 is 0 Å². The molecule has 1 atom stereocenters. The lowest BCUT2D eigenvalue weighted by Gasteiger charge is -2.23. The van der Waals surface area contributed by atoms with Crippen molar-refractivity contribution in [3.8, 4) is 0 Å². The molecule has 0 saturated heterocycles. The molecule has 0 bridgehead atoms. The van der Waals surface area contributed by atoms with Crippen molar-refractivity contribution >= 4 is 29.3 Å². The van der Waals surface area contributed by atoms with E-state index in [1.165, 1.54) is 18.7 Å². The van der Waals surface area contributed by atoms with Crippen molar-refractivity contribution in [1.29, 1.82) is 0 Å². The van der Waals surface area contributed by atoms with E-state index in [1.807, 2.05) is 52.0 Å². The van der Waals surface area contributed by atoms with E-state index in [4.69, 9.17) is 0 Å². The number of thioether (sulfide) groups is 1. The maximum Gasteiger partial charge on any atom is 0.233 e.